The van der Waals surface area contributed by atoms with Crippen molar-refractivity contribution in [2.24, 2.45) is 0 Å². The van der Waals surface area contributed by atoms with Crippen molar-refractivity contribution in [3.63, 3.8) is 0 Å². The van der Waals surface area contributed by atoms with Gasteiger partial charge in [-0.05, 0) is 25.0 Å². The first-order valence-corrected chi connectivity index (χ1v) is 8.16. The summed E-state index contributed by atoms with van der Waals surface area (Å²) in [4.78, 5) is 39.4. The summed E-state index contributed by atoms with van der Waals surface area (Å²) < 4.78 is 10.5. The Hall–Kier alpha value is -2.35. The zero-order chi connectivity index (χ0) is 16.9. The van der Waals surface area contributed by atoms with Crippen LogP contribution in [-0.2, 0) is 14.3 Å². The van der Waals surface area contributed by atoms with E-state index >= 15 is 0 Å². The number of amides is 3. The van der Waals surface area contributed by atoms with E-state index in [1.807, 2.05) is 0 Å². The lowest BCUT2D eigenvalue weighted by atomic mass is 10.2. The van der Waals surface area contributed by atoms with Gasteiger partial charge in [-0.3, -0.25) is 14.4 Å². The lowest BCUT2D eigenvalue weighted by Gasteiger charge is -2.33. The molecule has 2 fully saturated rings. The average molecular weight is 335 g/mol. The highest BCUT2D eigenvalue weighted by Gasteiger charge is 2.29. The molecular formula is C16H21N3O5. The Morgan fingerprint density at radius 1 is 1.17 bits per heavy atom. The van der Waals surface area contributed by atoms with E-state index < -0.39 is 11.8 Å². The summed E-state index contributed by atoms with van der Waals surface area (Å²) >= 11 is 0. The molecule has 0 aliphatic carbocycles. The molecule has 1 aromatic heterocycles. The van der Waals surface area contributed by atoms with Gasteiger partial charge in [0.15, 0.2) is 5.76 Å². The van der Waals surface area contributed by atoms with Gasteiger partial charge in [-0.2, -0.15) is 0 Å². The van der Waals surface area contributed by atoms with Crippen LogP contribution >= 0.6 is 0 Å². The topological polar surface area (TPSA) is 92.1 Å². The average Bonchev–Trinajstić information content (AvgIpc) is 3.32. The molecule has 0 radical (unpaired) electrons. The number of furan rings is 1. The van der Waals surface area contributed by atoms with E-state index in [2.05, 4.69) is 5.32 Å². The molecule has 2 aliphatic heterocycles. The summed E-state index contributed by atoms with van der Waals surface area (Å²) in [5.41, 5.74) is 0. The molecule has 0 bridgehead atoms. The highest BCUT2D eigenvalue weighted by Crippen LogP contribution is 2.11. The van der Waals surface area contributed by atoms with Gasteiger partial charge in [0.2, 0.25) is 0 Å². The molecule has 24 heavy (non-hydrogen) atoms. The van der Waals surface area contributed by atoms with Crippen LogP contribution in [0.1, 0.15) is 23.4 Å². The van der Waals surface area contributed by atoms with Gasteiger partial charge in [-0.25, -0.2) is 0 Å². The Labute approximate surface area is 139 Å². The Morgan fingerprint density at radius 3 is 2.54 bits per heavy atom. The van der Waals surface area contributed by atoms with Crippen LogP contribution in [0.25, 0.3) is 0 Å². The van der Waals surface area contributed by atoms with Crippen LogP contribution in [0.2, 0.25) is 0 Å². The first kappa shape index (κ1) is 16.5. The highest BCUT2D eigenvalue weighted by molar-refractivity contribution is 6.35. The fourth-order valence-electron chi connectivity index (χ4n) is 2.90. The normalized spacial score (nSPS) is 20.9. The van der Waals surface area contributed by atoms with Gasteiger partial charge in [0, 0.05) is 39.3 Å². The standard InChI is InChI=1S/C16H21N3O5/c20-14(17-11-12-3-1-9-23-12)16(22)19-7-5-18(6-8-19)15(21)13-4-2-10-24-13/h2,4,10,12H,1,3,5-9,11H2,(H,17,20). The predicted molar refractivity (Wildman–Crippen MR) is 83.2 cm³/mol. The largest absolute Gasteiger partial charge is 0.459 e. The number of nitrogens with one attached hydrogen (secondary N) is 1. The Morgan fingerprint density at radius 2 is 1.92 bits per heavy atom. The van der Waals surface area contributed by atoms with Crippen LogP contribution < -0.4 is 5.32 Å². The highest BCUT2D eigenvalue weighted by atomic mass is 16.5. The van der Waals surface area contributed by atoms with Crippen LogP contribution in [0.5, 0.6) is 0 Å². The molecule has 1 atom stereocenters. The maximum absolute atomic E-state index is 12.2. The molecule has 130 valence electrons. The smallest absolute Gasteiger partial charge is 0.312 e. The van der Waals surface area contributed by atoms with E-state index in [9.17, 15) is 14.4 Å². The van der Waals surface area contributed by atoms with Crippen molar-refractivity contribution >= 4 is 17.7 Å². The number of rotatable bonds is 3. The van der Waals surface area contributed by atoms with Gasteiger partial charge < -0.3 is 24.3 Å². The number of hydrogen-bond acceptors (Lipinski definition) is 5. The summed E-state index contributed by atoms with van der Waals surface area (Å²) in [6.07, 6.45) is 3.35. The zero-order valence-electron chi connectivity index (χ0n) is 13.4. The number of ether oxygens (including phenoxy) is 1. The van der Waals surface area contributed by atoms with E-state index in [1.54, 1.807) is 17.0 Å². The minimum absolute atomic E-state index is 0.00418. The molecule has 0 aromatic carbocycles. The van der Waals surface area contributed by atoms with Gasteiger partial charge in [0.25, 0.3) is 5.91 Å². The minimum atomic E-state index is -0.615. The molecule has 3 heterocycles. The summed E-state index contributed by atoms with van der Waals surface area (Å²) in [5.74, 6) is -1.09. The molecule has 8 nitrogen and oxygen atoms in total. The maximum atomic E-state index is 12.2. The van der Waals surface area contributed by atoms with Gasteiger partial charge >= 0.3 is 11.8 Å². The van der Waals surface area contributed by atoms with Gasteiger partial charge in [-0.15, -0.1) is 0 Å². The minimum Gasteiger partial charge on any atom is -0.459 e. The third kappa shape index (κ3) is 3.76. The van der Waals surface area contributed by atoms with E-state index in [0.717, 1.165) is 12.8 Å². The fraction of sp³-hybridized carbons (Fsp3) is 0.562. The Bertz CT molecular complexity index is 587. The van der Waals surface area contributed by atoms with Crippen molar-refractivity contribution < 1.29 is 23.5 Å². The number of carbonyl (C=O) groups is 3. The van der Waals surface area contributed by atoms with Crippen LogP contribution in [0, 0.1) is 0 Å². The van der Waals surface area contributed by atoms with Gasteiger partial charge in [-0.1, -0.05) is 0 Å². The predicted octanol–water partition coefficient (Wildman–Crippen LogP) is -0.141. The van der Waals surface area contributed by atoms with Crippen molar-refractivity contribution in [2.75, 3.05) is 39.3 Å². The molecule has 3 rings (SSSR count). The van der Waals surface area contributed by atoms with Gasteiger partial charge in [0.05, 0.1) is 12.4 Å². The quantitative estimate of drug-likeness (QED) is 0.776. The molecule has 8 heteroatoms. The SMILES string of the molecule is O=C(NCC1CCCO1)C(=O)N1CCN(C(=O)c2ccco2)CC1. The zero-order valence-corrected chi connectivity index (χ0v) is 13.4. The number of piperazine rings is 1. The second kappa shape index (κ2) is 7.48. The monoisotopic (exact) mass is 335 g/mol. The Balaban J connectivity index is 1.44. The lowest BCUT2D eigenvalue weighted by molar-refractivity contribution is -0.147. The molecule has 3 amide bonds. The van der Waals surface area contributed by atoms with Gasteiger partial charge in [0.1, 0.15) is 0 Å². The third-order valence-corrected chi connectivity index (χ3v) is 4.29. The van der Waals surface area contributed by atoms with E-state index in [1.165, 1.54) is 11.2 Å². The first-order valence-electron chi connectivity index (χ1n) is 8.16. The summed E-state index contributed by atoms with van der Waals surface area (Å²) in [5, 5.41) is 2.63. The molecule has 0 saturated carbocycles. The second-order valence-corrected chi connectivity index (χ2v) is 5.91. The fourth-order valence-corrected chi connectivity index (χ4v) is 2.90. The molecule has 0 spiro atoms. The lowest BCUT2D eigenvalue weighted by Crippen LogP contribution is -2.54. The number of carbonyl (C=O) groups excluding carboxylic acids is 3. The Kier molecular flexibility index (Phi) is 5.14. The molecule has 2 aliphatic rings. The van der Waals surface area contributed by atoms with E-state index in [0.29, 0.717) is 39.3 Å². The first-order chi connectivity index (χ1) is 11.6. The van der Waals surface area contributed by atoms with Crippen LogP contribution in [0.3, 0.4) is 0 Å². The van der Waals surface area contributed by atoms with Crippen LogP contribution in [0.15, 0.2) is 22.8 Å². The van der Waals surface area contributed by atoms with Crippen molar-refractivity contribution in [3.8, 4) is 0 Å². The van der Waals surface area contributed by atoms with Crippen molar-refractivity contribution in [1.82, 2.24) is 15.1 Å². The number of nitrogens with zero attached hydrogens (tertiary/aromatic N) is 2. The molecule has 1 N–H and O–H groups in total. The second-order valence-electron chi connectivity index (χ2n) is 5.91. The summed E-state index contributed by atoms with van der Waals surface area (Å²) in [6.45, 7) is 2.49. The van der Waals surface area contributed by atoms with E-state index in [-0.39, 0.29) is 17.8 Å². The van der Waals surface area contributed by atoms with Crippen molar-refractivity contribution in [2.45, 2.75) is 18.9 Å². The van der Waals surface area contributed by atoms with Crippen LogP contribution in [0.4, 0.5) is 0 Å². The maximum Gasteiger partial charge on any atom is 0.312 e. The molecule has 1 aromatic rings. The summed E-state index contributed by atoms with van der Waals surface area (Å²) in [6, 6.07) is 3.27. The third-order valence-electron chi connectivity index (χ3n) is 4.29. The van der Waals surface area contributed by atoms with Crippen LogP contribution in [-0.4, -0.2) is 73.0 Å². The molecular weight excluding hydrogens is 314 g/mol. The van der Waals surface area contributed by atoms with Crippen molar-refractivity contribution in [3.05, 3.63) is 24.2 Å². The number of hydrogen-bond donors (Lipinski definition) is 1. The molecule has 2 saturated heterocycles. The van der Waals surface area contributed by atoms with E-state index in [4.69, 9.17) is 9.15 Å². The molecule has 1 unspecified atom stereocenters. The van der Waals surface area contributed by atoms with Crippen molar-refractivity contribution in [1.29, 1.82) is 0 Å². The summed E-state index contributed by atoms with van der Waals surface area (Å²) in [7, 11) is 0.